The zero-order valence-electron chi connectivity index (χ0n) is 19.1. The summed E-state index contributed by atoms with van der Waals surface area (Å²) in [5.41, 5.74) is 1.89. The first-order valence-corrected chi connectivity index (χ1v) is 10.8. The van der Waals surface area contributed by atoms with E-state index in [1.165, 1.54) is 0 Å². The van der Waals surface area contributed by atoms with E-state index in [0.29, 0.717) is 52.3 Å². The Bertz CT molecular complexity index is 1310. The van der Waals surface area contributed by atoms with Crippen LogP contribution in [0.3, 0.4) is 0 Å². The number of aliphatic hydroxyl groups is 1. The van der Waals surface area contributed by atoms with Gasteiger partial charge in [-0.25, -0.2) is 0 Å². The van der Waals surface area contributed by atoms with Crippen LogP contribution in [0, 0.1) is 0 Å². The van der Waals surface area contributed by atoms with Crippen LogP contribution in [0.5, 0.6) is 17.2 Å². The third-order valence-corrected chi connectivity index (χ3v) is 5.42. The van der Waals surface area contributed by atoms with Gasteiger partial charge in [0, 0.05) is 6.54 Å². The van der Waals surface area contributed by atoms with Crippen LogP contribution in [0.2, 0.25) is 0 Å². The Hall–Kier alpha value is -3.26. The average molecular weight is 486 g/mol. The highest BCUT2D eigenvalue weighted by Crippen LogP contribution is 2.28. The third kappa shape index (κ3) is 5.62. The normalized spacial score (nSPS) is 11.7. The van der Waals surface area contributed by atoms with Crippen LogP contribution in [0.4, 0.5) is 0 Å². The Labute approximate surface area is 203 Å². The maximum absolute atomic E-state index is 12.8. The number of nitrogens with one attached hydrogen (secondary N) is 1. The molecule has 1 heterocycles. The molecule has 1 atom stereocenters. The highest BCUT2D eigenvalue weighted by Gasteiger charge is 2.13. The van der Waals surface area contributed by atoms with Crippen LogP contribution >= 0.6 is 12.4 Å². The summed E-state index contributed by atoms with van der Waals surface area (Å²) in [4.78, 5) is 12.8. The largest absolute Gasteiger partial charge is 0.493 e. The Morgan fingerprint density at radius 3 is 2.50 bits per heavy atom. The molecule has 7 nitrogen and oxygen atoms in total. The zero-order chi connectivity index (χ0) is 23.2. The van der Waals surface area contributed by atoms with Crippen molar-refractivity contribution >= 4 is 34.3 Å². The van der Waals surface area contributed by atoms with E-state index in [0.717, 1.165) is 12.0 Å². The average Bonchev–Trinajstić information content (AvgIpc) is 2.85. The molecule has 0 aliphatic heterocycles. The summed E-state index contributed by atoms with van der Waals surface area (Å²) in [5.74, 6) is 1.82. The van der Waals surface area contributed by atoms with E-state index in [1.807, 2.05) is 24.3 Å². The molecule has 1 aromatic heterocycles. The summed E-state index contributed by atoms with van der Waals surface area (Å²) in [6.07, 6.45) is 0.0491. The molecule has 0 fully saturated rings. The van der Waals surface area contributed by atoms with Gasteiger partial charge in [0.2, 0.25) is 5.43 Å². The molecule has 0 amide bonds. The molecule has 0 spiro atoms. The number of para-hydroxylation sites is 2. The minimum atomic E-state index is -0.724. The topological polar surface area (TPSA) is 90.2 Å². The highest BCUT2D eigenvalue weighted by atomic mass is 35.5. The van der Waals surface area contributed by atoms with Gasteiger partial charge in [-0.2, -0.15) is 0 Å². The molecule has 0 saturated heterocycles. The lowest BCUT2D eigenvalue weighted by molar-refractivity contribution is 0.107. The predicted molar refractivity (Wildman–Crippen MR) is 135 cm³/mol. The lowest BCUT2D eigenvalue weighted by Gasteiger charge is -2.14. The van der Waals surface area contributed by atoms with Crippen LogP contribution in [-0.2, 0) is 6.42 Å². The van der Waals surface area contributed by atoms with Crippen LogP contribution in [0.25, 0.3) is 21.9 Å². The summed E-state index contributed by atoms with van der Waals surface area (Å²) >= 11 is 0. The molecular formula is C26H28ClNO6. The number of fused-ring (bicyclic) bond motifs is 2. The molecule has 0 aliphatic rings. The lowest BCUT2D eigenvalue weighted by Crippen LogP contribution is -2.32. The van der Waals surface area contributed by atoms with Crippen molar-refractivity contribution in [1.29, 1.82) is 0 Å². The second-order valence-electron chi connectivity index (χ2n) is 7.67. The van der Waals surface area contributed by atoms with Gasteiger partial charge in [-0.15, -0.1) is 12.4 Å². The number of benzene rings is 3. The molecule has 3 aromatic carbocycles. The van der Waals surface area contributed by atoms with Gasteiger partial charge in [0.25, 0.3) is 0 Å². The van der Waals surface area contributed by atoms with Crippen molar-refractivity contribution in [3.63, 3.8) is 0 Å². The number of methoxy groups -OCH3 is 2. The lowest BCUT2D eigenvalue weighted by atomic mass is 10.1. The third-order valence-electron chi connectivity index (χ3n) is 5.42. The van der Waals surface area contributed by atoms with Crippen molar-refractivity contribution in [2.24, 2.45) is 0 Å². The summed E-state index contributed by atoms with van der Waals surface area (Å²) in [7, 11) is 3.22. The molecule has 0 aliphatic carbocycles. The Morgan fingerprint density at radius 1 is 0.941 bits per heavy atom. The number of halogens is 1. The van der Waals surface area contributed by atoms with Gasteiger partial charge in [0.1, 0.15) is 18.3 Å². The van der Waals surface area contributed by atoms with Crippen molar-refractivity contribution in [2.75, 3.05) is 33.9 Å². The van der Waals surface area contributed by atoms with E-state index in [1.54, 1.807) is 50.6 Å². The fourth-order valence-corrected chi connectivity index (χ4v) is 3.69. The molecule has 180 valence electrons. The van der Waals surface area contributed by atoms with E-state index >= 15 is 0 Å². The molecule has 0 saturated carbocycles. The van der Waals surface area contributed by atoms with Crippen molar-refractivity contribution in [1.82, 2.24) is 5.32 Å². The van der Waals surface area contributed by atoms with Gasteiger partial charge in [-0.3, -0.25) is 4.79 Å². The molecular weight excluding hydrogens is 458 g/mol. The number of rotatable bonds is 10. The standard InChI is InChI=1S/C26H27NO6.ClH/c1-30-22-11-10-17(14-24(22)31-2)12-13-27-15-18(28)16-32-23-9-5-7-20-25(29)19-6-3-4-8-21(19)33-26(20)23;/h3-11,14,18,27-28H,12-13,15-16H2,1-2H3;1H. The van der Waals surface area contributed by atoms with Gasteiger partial charge < -0.3 is 29.1 Å². The molecule has 0 bridgehead atoms. The fourth-order valence-electron chi connectivity index (χ4n) is 3.69. The quantitative estimate of drug-likeness (QED) is 0.259. The minimum Gasteiger partial charge on any atom is -0.493 e. The SMILES string of the molecule is COc1ccc(CCNCC(O)COc2cccc3c(=O)c4ccccc4oc23)cc1OC.Cl. The van der Waals surface area contributed by atoms with Crippen molar-refractivity contribution < 1.29 is 23.7 Å². The highest BCUT2D eigenvalue weighted by molar-refractivity contribution is 5.92. The fraction of sp³-hybridized carbons (Fsp3) is 0.269. The van der Waals surface area contributed by atoms with Gasteiger partial charge in [0.05, 0.1) is 25.0 Å². The zero-order valence-corrected chi connectivity index (χ0v) is 19.9. The predicted octanol–water partition coefficient (Wildman–Crippen LogP) is 3.96. The molecule has 0 radical (unpaired) electrons. The summed E-state index contributed by atoms with van der Waals surface area (Å²) in [5, 5.41) is 14.6. The van der Waals surface area contributed by atoms with Gasteiger partial charge in [0.15, 0.2) is 22.8 Å². The van der Waals surface area contributed by atoms with E-state index in [2.05, 4.69) is 5.32 Å². The van der Waals surface area contributed by atoms with Crippen molar-refractivity contribution in [3.8, 4) is 17.2 Å². The van der Waals surface area contributed by atoms with Crippen LogP contribution in [0.1, 0.15) is 5.56 Å². The number of aliphatic hydroxyl groups excluding tert-OH is 1. The maximum atomic E-state index is 12.8. The van der Waals surface area contributed by atoms with Crippen LogP contribution in [0.15, 0.2) is 69.9 Å². The first kappa shape index (κ1) is 25.4. The van der Waals surface area contributed by atoms with Gasteiger partial charge >= 0.3 is 0 Å². The van der Waals surface area contributed by atoms with Gasteiger partial charge in [-0.1, -0.05) is 24.3 Å². The minimum absolute atomic E-state index is 0. The molecule has 1 unspecified atom stereocenters. The Balaban J connectivity index is 0.00000324. The molecule has 8 heteroatoms. The Morgan fingerprint density at radius 2 is 1.71 bits per heavy atom. The second kappa shape index (κ2) is 11.7. The number of ether oxygens (including phenoxy) is 3. The maximum Gasteiger partial charge on any atom is 0.200 e. The second-order valence-corrected chi connectivity index (χ2v) is 7.67. The Kier molecular flexibility index (Phi) is 8.76. The smallest absolute Gasteiger partial charge is 0.200 e. The molecule has 4 rings (SSSR count). The summed E-state index contributed by atoms with van der Waals surface area (Å²) < 4.78 is 22.3. The first-order valence-electron chi connectivity index (χ1n) is 10.8. The summed E-state index contributed by atoms with van der Waals surface area (Å²) in [6, 6.07) is 18.1. The van der Waals surface area contributed by atoms with E-state index < -0.39 is 6.10 Å². The van der Waals surface area contributed by atoms with Crippen molar-refractivity contribution in [3.05, 3.63) is 76.5 Å². The van der Waals surface area contributed by atoms with Crippen LogP contribution in [-0.4, -0.2) is 45.1 Å². The molecule has 4 aromatic rings. The summed E-state index contributed by atoms with van der Waals surface area (Å²) in [6.45, 7) is 1.12. The molecule has 2 N–H and O–H groups in total. The number of hydrogen-bond donors (Lipinski definition) is 2. The monoisotopic (exact) mass is 485 g/mol. The van der Waals surface area contributed by atoms with Crippen molar-refractivity contribution in [2.45, 2.75) is 12.5 Å². The van der Waals surface area contributed by atoms with E-state index in [9.17, 15) is 9.90 Å². The number of hydrogen-bond acceptors (Lipinski definition) is 7. The first-order chi connectivity index (χ1) is 16.1. The molecule has 34 heavy (non-hydrogen) atoms. The van der Waals surface area contributed by atoms with E-state index in [4.69, 9.17) is 18.6 Å². The van der Waals surface area contributed by atoms with Gasteiger partial charge in [-0.05, 0) is 54.9 Å². The van der Waals surface area contributed by atoms with Crippen LogP contribution < -0.4 is 25.0 Å². The van der Waals surface area contributed by atoms with E-state index in [-0.39, 0.29) is 24.4 Å².